The van der Waals surface area contributed by atoms with E-state index in [4.69, 9.17) is 9.47 Å². The standard InChI is InChI=1S/C20H22N2O2.2HI/c1-23-19-5-3-11-21(15-19)13-17-7-9-18(10-8-17)14-22-12-4-6-20(16-22)24-2;;/h3-12,15-16H,13-14H2,1-2H3;2*1H/q+2;;/p-2. The molecule has 0 saturated carbocycles. The molecule has 0 aliphatic carbocycles. The molecule has 2 aromatic heterocycles. The lowest BCUT2D eigenvalue weighted by Gasteiger charge is -2.03. The number of pyridine rings is 2. The Balaban J connectivity index is 0.00000169. The van der Waals surface area contributed by atoms with Crippen LogP contribution >= 0.6 is 0 Å². The van der Waals surface area contributed by atoms with Crippen LogP contribution in [0.15, 0.2) is 73.3 Å². The number of rotatable bonds is 6. The fraction of sp³-hybridized carbons (Fsp3) is 0.200. The Morgan fingerprint density at radius 1 is 0.654 bits per heavy atom. The molecule has 0 saturated heterocycles. The van der Waals surface area contributed by atoms with Gasteiger partial charge in [0.15, 0.2) is 37.0 Å². The summed E-state index contributed by atoms with van der Waals surface area (Å²) in [5, 5.41) is 0. The molecule has 1 aromatic carbocycles. The second kappa shape index (κ2) is 11.3. The predicted molar refractivity (Wildman–Crippen MR) is 91.0 cm³/mol. The first-order valence-electron chi connectivity index (χ1n) is 7.91. The number of hydrogen-bond donors (Lipinski definition) is 0. The molecule has 3 rings (SSSR count). The van der Waals surface area contributed by atoms with Crippen LogP contribution in [-0.4, -0.2) is 14.2 Å². The monoisotopic (exact) mass is 576 g/mol. The van der Waals surface area contributed by atoms with Crippen molar-refractivity contribution in [1.29, 1.82) is 0 Å². The first-order chi connectivity index (χ1) is 11.8. The van der Waals surface area contributed by atoms with Gasteiger partial charge in [0.2, 0.25) is 12.4 Å². The van der Waals surface area contributed by atoms with Gasteiger partial charge in [0.25, 0.3) is 0 Å². The summed E-state index contributed by atoms with van der Waals surface area (Å²) in [7, 11) is 3.37. The fourth-order valence-electron chi connectivity index (χ4n) is 2.61. The van der Waals surface area contributed by atoms with Gasteiger partial charge in [0.05, 0.1) is 14.2 Å². The Morgan fingerprint density at radius 2 is 1.04 bits per heavy atom. The normalized spacial score (nSPS) is 9.62. The van der Waals surface area contributed by atoms with Crippen molar-refractivity contribution >= 4 is 0 Å². The van der Waals surface area contributed by atoms with Crippen molar-refractivity contribution in [3.63, 3.8) is 0 Å². The molecule has 26 heavy (non-hydrogen) atoms. The lowest BCUT2D eigenvalue weighted by Crippen LogP contribution is -3.00. The predicted octanol–water partition coefficient (Wildman–Crippen LogP) is -3.62. The number of hydrogen-bond acceptors (Lipinski definition) is 2. The minimum Gasteiger partial charge on any atom is -1.00 e. The molecule has 0 aliphatic heterocycles. The third-order valence-corrected chi connectivity index (χ3v) is 3.89. The summed E-state index contributed by atoms with van der Waals surface area (Å²) in [4.78, 5) is 0. The van der Waals surface area contributed by atoms with Crippen molar-refractivity contribution in [3.8, 4) is 11.5 Å². The third-order valence-electron chi connectivity index (χ3n) is 3.89. The average Bonchev–Trinajstić information content (AvgIpc) is 2.64. The van der Waals surface area contributed by atoms with Gasteiger partial charge in [-0.15, -0.1) is 0 Å². The summed E-state index contributed by atoms with van der Waals surface area (Å²) < 4.78 is 14.8. The molecule has 0 amide bonds. The van der Waals surface area contributed by atoms with Crippen molar-refractivity contribution in [2.45, 2.75) is 13.1 Å². The summed E-state index contributed by atoms with van der Waals surface area (Å²) in [5.74, 6) is 1.73. The molecule has 0 radical (unpaired) electrons. The van der Waals surface area contributed by atoms with Gasteiger partial charge < -0.3 is 57.4 Å². The highest BCUT2D eigenvalue weighted by Gasteiger charge is 2.07. The van der Waals surface area contributed by atoms with Gasteiger partial charge in [-0.2, -0.15) is 9.13 Å². The number of ether oxygens (including phenoxy) is 2. The number of benzene rings is 1. The molecule has 3 aromatic rings. The number of nitrogens with zero attached hydrogens (tertiary/aromatic N) is 2. The van der Waals surface area contributed by atoms with Crippen LogP contribution in [0.2, 0.25) is 0 Å². The van der Waals surface area contributed by atoms with Crippen LogP contribution < -0.4 is 66.6 Å². The van der Waals surface area contributed by atoms with Gasteiger partial charge in [0, 0.05) is 23.3 Å². The second-order valence-corrected chi connectivity index (χ2v) is 5.65. The molecule has 0 spiro atoms. The molecule has 138 valence electrons. The Hall–Kier alpha value is -1.42. The summed E-state index contributed by atoms with van der Waals surface area (Å²) >= 11 is 0. The van der Waals surface area contributed by atoms with Crippen LogP contribution in [0.4, 0.5) is 0 Å². The fourth-order valence-corrected chi connectivity index (χ4v) is 2.61. The number of methoxy groups -OCH3 is 2. The van der Waals surface area contributed by atoms with Crippen LogP contribution in [0.25, 0.3) is 0 Å². The lowest BCUT2D eigenvalue weighted by molar-refractivity contribution is -0.689. The van der Waals surface area contributed by atoms with Crippen LogP contribution in [0, 0.1) is 0 Å². The number of aromatic nitrogens is 2. The zero-order valence-corrected chi connectivity index (χ0v) is 19.1. The molecule has 6 heteroatoms. The molecular weight excluding hydrogens is 554 g/mol. The van der Waals surface area contributed by atoms with Crippen LogP contribution in [-0.2, 0) is 13.1 Å². The Labute approximate surface area is 188 Å². The maximum absolute atomic E-state index is 5.26. The van der Waals surface area contributed by atoms with Gasteiger partial charge >= 0.3 is 0 Å². The van der Waals surface area contributed by atoms with E-state index < -0.39 is 0 Å². The zero-order chi connectivity index (χ0) is 16.8. The van der Waals surface area contributed by atoms with Crippen LogP contribution in [0.1, 0.15) is 11.1 Å². The second-order valence-electron chi connectivity index (χ2n) is 5.65. The maximum Gasteiger partial charge on any atom is 0.211 e. The summed E-state index contributed by atoms with van der Waals surface area (Å²) in [5.41, 5.74) is 2.51. The van der Waals surface area contributed by atoms with Gasteiger partial charge in [-0.3, -0.25) is 0 Å². The van der Waals surface area contributed by atoms with E-state index in [1.807, 2.05) is 49.1 Å². The van der Waals surface area contributed by atoms with Gasteiger partial charge in [-0.25, -0.2) is 0 Å². The summed E-state index contributed by atoms with van der Waals surface area (Å²) in [6.45, 7) is 1.65. The van der Waals surface area contributed by atoms with Crippen molar-refractivity contribution < 1.29 is 66.6 Å². The highest BCUT2D eigenvalue weighted by molar-refractivity contribution is 5.21. The molecule has 0 bridgehead atoms. The molecule has 0 fully saturated rings. The van der Waals surface area contributed by atoms with Crippen molar-refractivity contribution in [2.75, 3.05) is 14.2 Å². The van der Waals surface area contributed by atoms with E-state index in [2.05, 4.69) is 33.4 Å². The van der Waals surface area contributed by atoms with E-state index >= 15 is 0 Å². The first kappa shape index (κ1) is 22.6. The van der Waals surface area contributed by atoms with E-state index in [1.54, 1.807) is 14.2 Å². The maximum atomic E-state index is 5.26. The number of halogens is 2. The van der Waals surface area contributed by atoms with E-state index in [0.717, 1.165) is 24.6 Å². The summed E-state index contributed by atoms with van der Waals surface area (Å²) in [6, 6.07) is 16.6. The Morgan fingerprint density at radius 3 is 1.38 bits per heavy atom. The summed E-state index contributed by atoms with van der Waals surface area (Å²) in [6.07, 6.45) is 8.09. The zero-order valence-electron chi connectivity index (χ0n) is 14.8. The van der Waals surface area contributed by atoms with Crippen molar-refractivity contribution in [3.05, 3.63) is 84.4 Å². The first-order valence-corrected chi connectivity index (χ1v) is 7.91. The lowest BCUT2D eigenvalue weighted by atomic mass is 10.1. The van der Waals surface area contributed by atoms with Gasteiger partial charge in [0.1, 0.15) is 0 Å². The Bertz CT molecular complexity index is 742. The quantitative estimate of drug-likeness (QED) is 0.224. The van der Waals surface area contributed by atoms with E-state index in [1.165, 1.54) is 11.1 Å². The van der Waals surface area contributed by atoms with Crippen molar-refractivity contribution in [2.24, 2.45) is 0 Å². The minimum atomic E-state index is 0. The highest BCUT2D eigenvalue weighted by Crippen LogP contribution is 2.08. The van der Waals surface area contributed by atoms with E-state index in [9.17, 15) is 0 Å². The topological polar surface area (TPSA) is 26.2 Å². The smallest absolute Gasteiger partial charge is 0.211 e. The van der Waals surface area contributed by atoms with Crippen molar-refractivity contribution in [1.82, 2.24) is 0 Å². The largest absolute Gasteiger partial charge is 1.00 e. The van der Waals surface area contributed by atoms with E-state index in [-0.39, 0.29) is 48.0 Å². The van der Waals surface area contributed by atoms with E-state index in [0.29, 0.717) is 0 Å². The molecule has 0 aliphatic rings. The van der Waals surface area contributed by atoms with Gasteiger partial charge in [-0.05, 0) is 12.1 Å². The van der Waals surface area contributed by atoms with Crippen LogP contribution in [0.5, 0.6) is 11.5 Å². The average molecular weight is 576 g/mol. The Kier molecular flexibility index (Phi) is 9.85. The highest BCUT2D eigenvalue weighted by atomic mass is 127. The SMILES string of the molecule is COc1ccc[n+](Cc2ccc(C[n+]3cccc(OC)c3)cc2)c1.[I-].[I-]. The van der Waals surface area contributed by atoms with Crippen LogP contribution in [0.3, 0.4) is 0 Å². The molecule has 0 atom stereocenters. The molecule has 0 N–H and O–H groups in total. The molecule has 2 heterocycles. The molecular formula is C20H22I2N2O2. The molecule has 0 unspecified atom stereocenters. The minimum absolute atomic E-state index is 0. The third kappa shape index (κ3) is 6.39. The van der Waals surface area contributed by atoms with Gasteiger partial charge in [-0.1, -0.05) is 24.3 Å². The molecule has 4 nitrogen and oxygen atoms in total.